The van der Waals surface area contributed by atoms with Gasteiger partial charge in [-0.25, -0.2) is 0 Å². The van der Waals surface area contributed by atoms with Gasteiger partial charge >= 0.3 is 0 Å². The van der Waals surface area contributed by atoms with E-state index in [-0.39, 0.29) is 12.0 Å². The maximum Gasteiger partial charge on any atom is 0.193 e. The summed E-state index contributed by atoms with van der Waals surface area (Å²) >= 11 is 0. The van der Waals surface area contributed by atoms with Crippen LogP contribution >= 0.6 is 0 Å². The first-order valence-electron chi connectivity index (χ1n) is 15.7. The molecule has 3 fully saturated rings. The van der Waals surface area contributed by atoms with Gasteiger partial charge in [-0.3, -0.25) is 0 Å². The monoisotopic (exact) mass is 620 g/mol. The first-order chi connectivity index (χ1) is 21.9. The summed E-state index contributed by atoms with van der Waals surface area (Å²) in [6.45, 7) is 7.39. The van der Waals surface area contributed by atoms with Crippen molar-refractivity contribution in [2.45, 2.75) is 95.8 Å². The summed E-state index contributed by atoms with van der Waals surface area (Å²) in [5.74, 6) is -0.943. The predicted octanol–water partition coefficient (Wildman–Crippen LogP) is 5.60. The Kier molecular flexibility index (Phi) is 10.6. The highest BCUT2D eigenvalue weighted by molar-refractivity contribution is 5.15. The Hall–Kier alpha value is -2.70. The largest absolute Gasteiger partial charge is 0.374 e. The fraction of sp³-hybridized carbons (Fsp3) is 0.500. The molecule has 2 unspecified atom stereocenters. The Bertz CT molecular complexity index is 1310. The van der Waals surface area contributed by atoms with Crippen molar-refractivity contribution in [1.29, 1.82) is 0 Å². The molecule has 0 aliphatic carbocycles. The molecular weight excluding hydrogens is 576 g/mol. The molecule has 3 aliphatic rings. The Morgan fingerprint density at radius 1 is 0.644 bits per heavy atom. The highest BCUT2D eigenvalue weighted by Gasteiger charge is 2.58. The molecule has 3 aromatic carbocycles. The Balaban J connectivity index is 1.24. The van der Waals surface area contributed by atoms with E-state index in [1.54, 1.807) is 7.11 Å². The molecule has 0 N–H and O–H groups in total. The second-order valence-electron chi connectivity index (χ2n) is 12.2. The van der Waals surface area contributed by atoms with Crippen molar-refractivity contribution in [3.8, 4) is 0 Å². The highest BCUT2D eigenvalue weighted by Crippen LogP contribution is 2.41. The second-order valence-corrected chi connectivity index (χ2v) is 12.2. The lowest BCUT2D eigenvalue weighted by atomic mass is 9.90. The van der Waals surface area contributed by atoms with Gasteiger partial charge in [0, 0.05) is 13.0 Å². The zero-order valence-corrected chi connectivity index (χ0v) is 26.4. The smallest absolute Gasteiger partial charge is 0.193 e. The fourth-order valence-corrected chi connectivity index (χ4v) is 6.17. The fourth-order valence-electron chi connectivity index (χ4n) is 6.17. The number of benzene rings is 3. The van der Waals surface area contributed by atoms with Crippen molar-refractivity contribution in [3.63, 3.8) is 0 Å². The van der Waals surface area contributed by atoms with Gasteiger partial charge in [0.25, 0.3) is 0 Å². The average molecular weight is 621 g/mol. The quantitative estimate of drug-likeness (QED) is 0.243. The van der Waals surface area contributed by atoms with E-state index in [0.29, 0.717) is 26.4 Å². The minimum atomic E-state index is -0.816. The third-order valence-corrected chi connectivity index (χ3v) is 8.42. The SMILES string of the molecule is CO[C@H]1O[C@@H]2OC(C)(C)O[C@@H]2[C@H]1O[C@@H]1OC(COCc2ccccc2)[C@H](OCc2ccccc2)[C@H](C)C1OCc1ccccc1. The molecular formula is C36H44O9. The van der Waals surface area contributed by atoms with E-state index in [9.17, 15) is 0 Å². The third-order valence-electron chi connectivity index (χ3n) is 8.42. The highest BCUT2D eigenvalue weighted by atomic mass is 16.9. The molecule has 9 heteroatoms. The summed E-state index contributed by atoms with van der Waals surface area (Å²) in [4.78, 5) is 0. The van der Waals surface area contributed by atoms with Crippen LogP contribution in [0.3, 0.4) is 0 Å². The Labute approximate surface area is 265 Å². The minimum Gasteiger partial charge on any atom is -0.374 e. The van der Waals surface area contributed by atoms with Gasteiger partial charge in [-0.05, 0) is 30.5 Å². The number of methoxy groups -OCH3 is 1. The number of ether oxygens (including phenoxy) is 9. The zero-order chi connectivity index (χ0) is 31.2. The molecule has 9 atom stereocenters. The predicted molar refractivity (Wildman–Crippen MR) is 165 cm³/mol. The minimum absolute atomic E-state index is 0.127. The van der Waals surface area contributed by atoms with Crippen LogP contribution in [-0.4, -0.2) is 68.9 Å². The topological polar surface area (TPSA) is 83.1 Å². The van der Waals surface area contributed by atoms with Gasteiger partial charge in [0.05, 0.1) is 32.5 Å². The van der Waals surface area contributed by atoms with E-state index in [2.05, 4.69) is 19.1 Å². The van der Waals surface area contributed by atoms with Gasteiger partial charge in [-0.2, -0.15) is 0 Å². The summed E-state index contributed by atoms with van der Waals surface area (Å²) in [5, 5.41) is 0. The molecule has 3 saturated heterocycles. The van der Waals surface area contributed by atoms with Crippen LogP contribution in [0.1, 0.15) is 37.5 Å². The number of rotatable bonds is 13. The summed E-state index contributed by atoms with van der Waals surface area (Å²) < 4.78 is 56.8. The molecule has 3 aromatic rings. The van der Waals surface area contributed by atoms with Crippen LogP contribution in [0.4, 0.5) is 0 Å². The first-order valence-corrected chi connectivity index (χ1v) is 15.7. The lowest BCUT2D eigenvalue weighted by molar-refractivity contribution is -0.338. The van der Waals surface area contributed by atoms with E-state index in [4.69, 9.17) is 42.6 Å². The van der Waals surface area contributed by atoms with E-state index in [0.717, 1.165) is 16.7 Å². The van der Waals surface area contributed by atoms with Gasteiger partial charge < -0.3 is 42.6 Å². The molecule has 45 heavy (non-hydrogen) atoms. The van der Waals surface area contributed by atoms with Gasteiger partial charge in [0.1, 0.15) is 24.4 Å². The maximum atomic E-state index is 6.75. The third kappa shape index (κ3) is 8.00. The van der Waals surface area contributed by atoms with Crippen LogP contribution in [0.5, 0.6) is 0 Å². The van der Waals surface area contributed by atoms with E-state index in [1.807, 2.05) is 92.7 Å². The van der Waals surface area contributed by atoms with Crippen LogP contribution in [0.25, 0.3) is 0 Å². The van der Waals surface area contributed by atoms with E-state index >= 15 is 0 Å². The number of fused-ring (bicyclic) bond motifs is 1. The molecule has 0 radical (unpaired) electrons. The summed E-state index contributed by atoms with van der Waals surface area (Å²) in [5.41, 5.74) is 3.21. The van der Waals surface area contributed by atoms with E-state index in [1.165, 1.54) is 0 Å². The molecule has 0 amide bonds. The van der Waals surface area contributed by atoms with Gasteiger partial charge in [0.15, 0.2) is 24.7 Å². The number of hydrogen-bond acceptors (Lipinski definition) is 9. The van der Waals surface area contributed by atoms with E-state index < -0.39 is 49.1 Å². The second kappa shape index (κ2) is 14.8. The molecule has 0 saturated carbocycles. The van der Waals surface area contributed by atoms with Crippen LogP contribution < -0.4 is 0 Å². The van der Waals surface area contributed by atoms with Crippen molar-refractivity contribution in [2.24, 2.45) is 5.92 Å². The van der Waals surface area contributed by atoms with Crippen molar-refractivity contribution < 1.29 is 42.6 Å². The van der Waals surface area contributed by atoms with Crippen LogP contribution in [0.15, 0.2) is 91.0 Å². The molecule has 0 aromatic heterocycles. The van der Waals surface area contributed by atoms with Gasteiger partial charge in [0.2, 0.25) is 0 Å². The molecule has 0 bridgehead atoms. The average Bonchev–Trinajstić information content (AvgIpc) is 3.53. The van der Waals surface area contributed by atoms with Crippen molar-refractivity contribution >= 4 is 0 Å². The summed E-state index contributed by atoms with van der Waals surface area (Å²) in [7, 11) is 1.58. The lowest BCUT2D eigenvalue weighted by Crippen LogP contribution is -2.58. The Morgan fingerprint density at radius 3 is 1.78 bits per heavy atom. The van der Waals surface area contributed by atoms with Crippen molar-refractivity contribution in [1.82, 2.24) is 0 Å². The van der Waals surface area contributed by atoms with Crippen LogP contribution in [-0.2, 0) is 62.5 Å². The standard InChI is InChI=1S/C36H44O9/c1-24-29(39-21-26-16-10-6-11-17-26)28(23-38-20-25-14-8-5-9-15-25)41-34(30(24)40-22-27-18-12-7-13-19-27)42-31-32-35(43-33(31)37-4)45-36(2,3)44-32/h5-19,24,28-35H,20-23H2,1-4H3/t24-,28?,29+,30?,31+,32+,33-,34-,35+/m0/s1. The normalized spacial score (nSPS) is 32.4. The zero-order valence-electron chi connectivity index (χ0n) is 26.4. The number of hydrogen-bond donors (Lipinski definition) is 0. The molecule has 6 rings (SSSR count). The van der Waals surface area contributed by atoms with Crippen LogP contribution in [0.2, 0.25) is 0 Å². The summed E-state index contributed by atoms with van der Waals surface area (Å²) in [6.07, 6.45) is -4.49. The lowest BCUT2D eigenvalue weighted by Gasteiger charge is -2.46. The summed E-state index contributed by atoms with van der Waals surface area (Å²) in [6, 6.07) is 30.3. The van der Waals surface area contributed by atoms with Crippen LogP contribution in [0, 0.1) is 5.92 Å². The van der Waals surface area contributed by atoms with Gasteiger partial charge in [-0.15, -0.1) is 0 Å². The first kappa shape index (κ1) is 32.2. The molecule has 242 valence electrons. The van der Waals surface area contributed by atoms with Crippen molar-refractivity contribution in [3.05, 3.63) is 108 Å². The molecule has 9 nitrogen and oxygen atoms in total. The maximum absolute atomic E-state index is 6.75. The molecule has 3 heterocycles. The van der Waals surface area contributed by atoms with Gasteiger partial charge in [-0.1, -0.05) is 97.9 Å². The Morgan fingerprint density at radius 2 is 1.20 bits per heavy atom. The molecule has 3 aliphatic heterocycles. The van der Waals surface area contributed by atoms with Crippen molar-refractivity contribution in [2.75, 3.05) is 13.7 Å². The molecule has 0 spiro atoms.